The fourth-order valence-corrected chi connectivity index (χ4v) is 6.52. The zero-order chi connectivity index (χ0) is 33.7. The van der Waals surface area contributed by atoms with Crippen LogP contribution in [0.2, 0.25) is 0 Å². The average Bonchev–Trinajstić information content (AvgIpc) is 3.71. The number of hydrogen-bond acceptors (Lipinski definition) is 10. The molecule has 0 radical (unpaired) electrons. The van der Waals surface area contributed by atoms with E-state index in [0.29, 0.717) is 24.8 Å². The summed E-state index contributed by atoms with van der Waals surface area (Å²) in [5.41, 5.74) is 6.95. The fraction of sp³-hybridized carbons (Fsp3) is 0.606. The van der Waals surface area contributed by atoms with E-state index in [4.69, 9.17) is 15.2 Å². The van der Waals surface area contributed by atoms with Crippen LogP contribution >= 0.6 is 0 Å². The fourth-order valence-electron chi connectivity index (χ4n) is 6.52. The smallest absolute Gasteiger partial charge is 0.318 e. The highest BCUT2D eigenvalue weighted by molar-refractivity contribution is 5.96. The van der Waals surface area contributed by atoms with Gasteiger partial charge in [-0.3, -0.25) is 4.90 Å². The number of pyridine rings is 1. The number of benzene rings is 1. The molecule has 7 rings (SSSR count). The summed E-state index contributed by atoms with van der Waals surface area (Å²) in [6, 6.07) is 5.11. The first kappa shape index (κ1) is 35.4. The van der Waals surface area contributed by atoms with Crippen LogP contribution in [-0.4, -0.2) is 90.6 Å². The third-order valence-corrected chi connectivity index (χ3v) is 8.93. The van der Waals surface area contributed by atoms with Crippen molar-refractivity contribution in [1.29, 1.82) is 0 Å². The van der Waals surface area contributed by atoms with Crippen molar-refractivity contribution >= 4 is 22.4 Å². The van der Waals surface area contributed by atoms with E-state index >= 15 is 4.39 Å². The molecule has 10 nitrogen and oxygen atoms in total. The SMILES string of the molecule is CC.CCC1CC(C)N1.COc1nc(N)c2c(OC)nc(-c3c(F)ccc4c3N(C)N(C)C4)c(F)c2n1.FC1CC2CCCN2C1. The summed E-state index contributed by atoms with van der Waals surface area (Å²) in [5.74, 6) is -1.49. The molecule has 0 spiro atoms. The van der Waals surface area contributed by atoms with Gasteiger partial charge in [-0.05, 0) is 57.2 Å². The second-order valence-corrected chi connectivity index (χ2v) is 11.9. The van der Waals surface area contributed by atoms with Gasteiger partial charge in [-0.15, -0.1) is 0 Å². The number of ether oxygens (including phenoxy) is 2. The van der Waals surface area contributed by atoms with E-state index in [-0.39, 0.29) is 39.9 Å². The van der Waals surface area contributed by atoms with Crippen molar-refractivity contribution in [2.75, 3.05) is 52.1 Å². The molecule has 4 aliphatic heterocycles. The van der Waals surface area contributed by atoms with Crippen LogP contribution in [-0.2, 0) is 6.54 Å². The lowest BCUT2D eigenvalue weighted by atomic mass is 9.97. The maximum absolute atomic E-state index is 15.5. The zero-order valence-corrected chi connectivity index (χ0v) is 28.3. The normalized spacial score (nSPS) is 23.2. The van der Waals surface area contributed by atoms with Crippen LogP contribution in [0.25, 0.3) is 22.2 Å². The van der Waals surface area contributed by atoms with Crippen molar-refractivity contribution in [3.8, 4) is 23.1 Å². The summed E-state index contributed by atoms with van der Waals surface area (Å²) in [5, 5.41) is 7.12. The van der Waals surface area contributed by atoms with Gasteiger partial charge < -0.3 is 25.5 Å². The molecule has 0 saturated carbocycles. The lowest BCUT2D eigenvalue weighted by Crippen LogP contribution is -2.49. The number of nitrogens with one attached hydrogen (secondary N) is 1. The summed E-state index contributed by atoms with van der Waals surface area (Å²) in [6.45, 7) is 10.9. The van der Waals surface area contributed by atoms with Crippen molar-refractivity contribution in [1.82, 2.24) is 30.2 Å². The minimum atomic E-state index is -0.835. The van der Waals surface area contributed by atoms with Crippen LogP contribution in [0.3, 0.4) is 0 Å². The van der Waals surface area contributed by atoms with E-state index in [1.54, 1.807) is 18.1 Å². The Balaban J connectivity index is 0.000000215. The van der Waals surface area contributed by atoms with Gasteiger partial charge in [-0.1, -0.05) is 26.8 Å². The summed E-state index contributed by atoms with van der Waals surface area (Å²) >= 11 is 0. The van der Waals surface area contributed by atoms with Crippen LogP contribution in [0.1, 0.15) is 65.4 Å². The number of methoxy groups -OCH3 is 2. The maximum Gasteiger partial charge on any atom is 0.318 e. The number of aromatic nitrogens is 3. The Bertz CT molecular complexity index is 1480. The van der Waals surface area contributed by atoms with E-state index in [0.717, 1.165) is 30.6 Å². The summed E-state index contributed by atoms with van der Waals surface area (Å²) in [4.78, 5) is 14.5. The van der Waals surface area contributed by atoms with E-state index < -0.39 is 17.8 Å². The predicted octanol–water partition coefficient (Wildman–Crippen LogP) is 5.73. The average molecular weight is 647 g/mol. The Kier molecular flexibility index (Phi) is 11.9. The standard InChI is InChI=1S/C18H18F2N6O2.C7H12FN.C6H13N.C2H6/c1-25-7-8-5-6-9(19)10(15(8)26(25)2)13-12(20)14-11(17(22-13)27-3)16(21)24-18(23-14)28-4;8-6-4-7-2-1-3-9(7)5-6;1-3-6-4-5(2)7-6;1-2/h5-6H,7H2,1-4H3,(H2,21,23,24);6-7H,1-5H2;5-7H,3-4H2,1-2H3;1-2H3. The molecule has 0 amide bonds. The zero-order valence-electron chi connectivity index (χ0n) is 28.3. The Morgan fingerprint density at radius 3 is 2.37 bits per heavy atom. The number of hydrogen-bond donors (Lipinski definition) is 2. The molecule has 4 atom stereocenters. The second-order valence-electron chi connectivity index (χ2n) is 11.9. The molecule has 4 unspecified atom stereocenters. The van der Waals surface area contributed by atoms with Gasteiger partial charge in [-0.25, -0.2) is 23.2 Å². The molecule has 3 saturated heterocycles. The number of alkyl halides is 1. The first-order chi connectivity index (χ1) is 22.1. The van der Waals surface area contributed by atoms with Crippen molar-refractivity contribution in [3.63, 3.8) is 0 Å². The molecular formula is C33H49F3N8O2. The molecule has 0 bridgehead atoms. The lowest BCUT2D eigenvalue weighted by molar-refractivity contribution is 0.275. The maximum atomic E-state index is 15.5. The van der Waals surface area contributed by atoms with Gasteiger partial charge in [0.15, 0.2) is 5.82 Å². The number of nitrogens with two attached hydrogens (primary N) is 1. The highest BCUT2D eigenvalue weighted by Crippen LogP contribution is 2.43. The number of hydrazine groups is 1. The van der Waals surface area contributed by atoms with Gasteiger partial charge in [0, 0.05) is 45.3 Å². The minimum Gasteiger partial charge on any atom is -0.480 e. The highest BCUT2D eigenvalue weighted by Gasteiger charge is 2.35. The third kappa shape index (κ3) is 7.26. The number of anilines is 2. The van der Waals surface area contributed by atoms with Crippen molar-refractivity contribution in [2.24, 2.45) is 0 Å². The Hall–Kier alpha value is -3.42. The molecule has 2 aromatic heterocycles. The quantitative estimate of drug-likeness (QED) is 0.365. The molecule has 3 N–H and O–H groups in total. The van der Waals surface area contributed by atoms with Gasteiger partial charge in [0.05, 0.1) is 25.5 Å². The molecule has 1 aromatic carbocycles. The number of rotatable bonds is 4. The topological polar surface area (TPSA) is 105 Å². The molecule has 13 heteroatoms. The second kappa shape index (κ2) is 15.4. The van der Waals surface area contributed by atoms with Gasteiger partial charge in [-0.2, -0.15) is 9.97 Å². The Morgan fingerprint density at radius 2 is 1.78 bits per heavy atom. The summed E-state index contributed by atoms with van der Waals surface area (Å²) in [6.07, 6.45) is 5.49. The highest BCUT2D eigenvalue weighted by atomic mass is 19.1. The molecule has 46 heavy (non-hydrogen) atoms. The Labute approximate surface area is 270 Å². The van der Waals surface area contributed by atoms with Crippen LogP contribution in [0, 0.1) is 11.6 Å². The van der Waals surface area contributed by atoms with Gasteiger partial charge in [0.25, 0.3) is 0 Å². The predicted molar refractivity (Wildman–Crippen MR) is 177 cm³/mol. The minimum absolute atomic E-state index is 0.00226. The number of fused-ring (bicyclic) bond motifs is 3. The largest absolute Gasteiger partial charge is 0.480 e. The van der Waals surface area contributed by atoms with E-state index in [2.05, 4.69) is 39.0 Å². The van der Waals surface area contributed by atoms with Crippen molar-refractivity contribution in [2.45, 2.75) is 90.6 Å². The van der Waals surface area contributed by atoms with Crippen molar-refractivity contribution in [3.05, 3.63) is 29.3 Å². The molecule has 3 fully saturated rings. The molecule has 0 aliphatic carbocycles. The van der Waals surface area contributed by atoms with Crippen LogP contribution in [0.15, 0.2) is 12.1 Å². The monoisotopic (exact) mass is 646 g/mol. The Morgan fingerprint density at radius 1 is 1.07 bits per heavy atom. The molecule has 6 heterocycles. The first-order valence-electron chi connectivity index (χ1n) is 16.2. The van der Waals surface area contributed by atoms with E-state index in [1.807, 2.05) is 25.9 Å². The van der Waals surface area contributed by atoms with Crippen molar-refractivity contribution < 1.29 is 22.6 Å². The third-order valence-electron chi connectivity index (χ3n) is 8.93. The molecule has 4 aliphatic rings. The lowest BCUT2D eigenvalue weighted by Gasteiger charge is -2.33. The number of nitrogens with zero attached hydrogens (tertiary/aromatic N) is 6. The van der Waals surface area contributed by atoms with Crippen LogP contribution in [0.5, 0.6) is 11.9 Å². The van der Waals surface area contributed by atoms with Crippen LogP contribution in [0.4, 0.5) is 24.7 Å². The number of halogens is 3. The molecule has 3 aromatic rings. The molecule has 254 valence electrons. The molecular weight excluding hydrogens is 597 g/mol. The van der Waals surface area contributed by atoms with Gasteiger partial charge >= 0.3 is 6.01 Å². The van der Waals surface area contributed by atoms with E-state index in [1.165, 1.54) is 46.0 Å². The summed E-state index contributed by atoms with van der Waals surface area (Å²) in [7, 11) is 6.32. The van der Waals surface area contributed by atoms with E-state index in [9.17, 15) is 8.78 Å². The number of nitrogen functional groups attached to an aromatic ring is 1. The van der Waals surface area contributed by atoms with Crippen LogP contribution < -0.4 is 25.5 Å². The first-order valence-corrected chi connectivity index (χ1v) is 16.2. The van der Waals surface area contributed by atoms with Gasteiger partial charge in [0.2, 0.25) is 5.88 Å². The van der Waals surface area contributed by atoms with Gasteiger partial charge in [0.1, 0.15) is 34.4 Å². The summed E-state index contributed by atoms with van der Waals surface area (Å²) < 4.78 is 53.3.